The topological polar surface area (TPSA) is 57.3 Å². The van der Waals surface area contributed by atoms with Gasteiger partial charge in [0.05, 0.1) is 27.5 Å². The Morgan fingerprint density at radius 3 is 2.62 bits per heavy atom. The van der Waals surface area contributed by atoms with E-state index in [9.17, 15) is 4.79 Å². The first-order chi connectivity index (χ1) is 11.5. The van der Waals surface area contributed by atoms with E-state index >= 15 is 0 Å². The summed E-state index contributed by atoms with van der Waals surface area (Å²) in [6.45, 7) is 1.55. The SMILES string of the molecule is CN(C)CCCNC(=O)c1cncc(Nc2ccc(Cl)c(Cl)c2)c1. The summed E-state index contributed by atoms with van der Waals surface area (Å²) in [6.07, 6.45) is 4.08. The molecule has 1 aromatic carbocycles. The number of amides is 1. The molecule has 0 atom stereocenters. The maximum Gasteiger partial charge on any atom is 0.252 e. The number of carbonyl (C=O) groups excluding carboxylic acids is 1. The Kier molecular flexibility index (Phi) is 6.85. The van der Waals surface area contributed by atoms with Gasteiger partial charge in [0.15, 0.2) is 0 Å². The summed E-state index contributed by atoms with van der Waals surface area (Å²) in [5.41, 5.74) is 1.98. The lowest BCUT2D eigenvalue weighted by atomic mass is 10.2. The van der Waals surface area contributed by atoms with Gasteiger partial charge in [0.1, 0.15) is 0 Å². The summed E-state index contributed by atoms with van der Waals surface area (Å²) in [5.74, 6) is -0.140. The molecular weight excluding hydrogens is 347 g/mol. The van der Waals surface area contributed by atoms with E-state index < -0.39 is 0 Å². The van der Waals surface area contributed by atoms with Crippen LogP contribution in [0.4, 0.5) is 11.4 Å². The third kappa shape index (κ3) is 5.67. The van der Waals surface area contributed by atoms with Crippen molar-refractivity contribution in [2.45, 2.75) is 6.42 Å². The molecule has 0 saturated carbocycles. The summed E-state index contributed by atoms with van der Waals surface area (Å²) >= 11 is 11.9. The first-order valence-electron chi connectivity index (χ1n) is 7.56. The second-order valence-electron chi connectivity index (χ2n) is 5.63. The van der Waals surface area contributed by atoms with Gasteiger partial charge in [-0.25, -0.2) is 0 Å². The van der Waals surface area contributed by atoms with Crippen LogP contribution in [0.15, 0.2) is 36.7 Å². The summed E-state index contributed by atoms with van der Waals surface area (Å²) in [7, 11) is 4.01. The minimum absolute atomic E-state index is 0.140. The molecule has 0 bridgehead atoms. The van der Waals surface area contributed by atoms with E-state index in [0.717, 1.165) is 18.7 Å². The lowest BCUT2D eigenvalue weighted by Gasteiger charge is -2.11. The van der Waals surface area contributed by atoms with Gasteiger partial charge in [-0.05, 0) is 51.3 Å². The molecule has 1 amide bonds. The molecule has 2 aromatic rings. The minimum atomic E-state index is -0.140. The number of anilines is 2. The largest absolute Gasteiger partial charge is 0.354 e. The highest BCUT2D eigenvalue weighted by Crippen LogP contribution is 2.26. The number of hydrogen-bond acceptors (Lipinski definition) is 4. The van der Waals surface area contributed by atoms with Crippen molar-refractivity contribution < 1.29 is 4.79 Å². The molecule has 0 aliphatic carbocycles. The number of pyridine rings is 1. The lowest BCUT2D eigenvalue weighted by Crippen LogP contribution is -2.27. The van der Waals surface area contributed by atoms with Gasteiger partial charge in [-0.15, -0.1) is 0 Å². The van der Waals surface area contributed by atoms with Gasteiger partial charge in [-0.2, -0.15) is 0 Å². The van der Waals surface area contributed by atoms with Crippen molar-refractivity contribution in [1.82, 2.24) is 15.2 Å². The molecule has 2 N–H and O–H groups in total. The Morgan fingerprint density at radius 1 is 1.12 bits per heavy atom. The Hall–Kier alpha value is -1.82. The number of rotatable bonds is 7. The summed E-state index contributed by atoms with van der Waals surface area (Å²) in [5, 5.41) is 7.00. The van der Waals surface area contributed by atoms with Gasteiger partial charge in [0.2, 0.25) is 0 Å². The van der Waals surface area contributed by atoms with Crippen LogP contribution in [0.5, 0.6) is 0 Å². The molecule has 0 fully saturated rings. The normalized spacial score (nSPS) is 10.7. The smallest absolute Gasteiger partial charge is 0.252 e. The maximum atomic E-state index is 12.2. The zero-order chi connectivity index (χ0) is 17.5. The van der Waals surface area contributed by atoms with E-state index in [0.29, 0.717) is 27.8 Å². The van der Waals surface area contributed by atoms with Crippen LogP contribution in [0.1, 0.15) is 16.8 Å². The van der Waals surface area contributed by atoms with Crippen LogP contribution in [-0.2, 0) is 0 Å². The second-order valence-corrected chi connectivity index (χ2v) is 6.44. The van der Waals surface area contributed by atoms with Crippen LogP contribution in [0, 0.1) is 0 Å². The maximum absolute atomic E-state index is 12.2. The molecule has 1 heterocycles. The van der Waals surface area contributed by atoms with Gasteiger partial charge >= 0.3 is 0 Å². The van der Waals surface area contributed by atoms with Crippen LogP contribution >= 0.6 is 23.2 Å². The van der Waals surface area contributed by atoms with Crippen LogP contribution in [0.25, 0.3) is 0 Å². The molecule has 0 radical (unpaired) electrons. The van der Waals surface area contributed by atoms with Gasteiger partial charge in [0.25, 0.3) is 5.91 Å². The zero-order valence-corrected chi connectivity index (χ0v) is 15.2. The van der Waals surface area contributed by atoms with E-state index in [4.69, 9.17) is 23.2 Å². The first kappa shape index (κ1) is 18.5. The molecule has 0 spiro atoms. The Morgan fingerprint density at radius 2 is 1.92 bits per heavy atom. The number of hydrogen-bond donors (Lipinski definition) is 2. The molecule has 128 valence electrons. The third-order valence-electron chi connectivity index (χ3n) is 3.28. The van der Waals surface area contributed by atoms with Crippen molar-refractivity contribution in [1.29, 1.82) is 0 Å². The number of nitrogens with zero attached hydrogens (tertiary/aromatic N) is 2. The van der Waals surface area contributed by atoms with Crippen LogP contribution in [0.3, 0.4) is 0 Å². The van der Waals surface area contributed by atoms with Crippen LogP contribution in [0.2, 0.25) is 10.0 Å². The zero-order valence-electron chi connectivity index (χ0n) is 13.6. The molecule has 24 heavy (non-hydrogen) atoms. The van der Waals surface area contributed by atoms with Crippen LogP contribution in [-0.4, -0.2) is 43.0 Å². The number of halogens is 2. The van der Waals surface area contributed by atoms with Gasteiger partial charge < -0.3 is 15.5 Å². The fourth-order valence-electron chi connectivity index (χ4n) is 2.07. The van der Waals surface area contributed by atoms with E-state index in [1.54, 1.807) is 30.6 Å². The van der Waals surface area contributed by atoms with Crippen molar-refractivity contribution in [3.63, 3.8) is 0 Å². The predicted octanol–water partition coefficient (Wildman–Crippen LogP) is 3.81. The van der Waals surface area contributed by atoms with Crippen molar-refractivity contribution in [2.75, 3.05) is 32.5 Å². The average Bonchev–Trinajstić information content (AvgIpc) is 2.55. The Bertz CT molecular complexity index is 707. The standard InChI is InChI=1S/C17H20Cl2N4O/c1-23(2)7-3-6-21-17(24)12-8-14(11-20-10-12)22-13-4-5-15(18)16(19)9-13/h4-5,8-11,22H,3,6-7H2,1-2H3,(H,21,24). The highest BCUT2D eigenvalue weighted by molar-refractivity contribution is 6.42. The summed E-state index contributed by atoms with van der Waals surface area (Å²) in [6, 6.07) is 6.98. The Labute approximate surface area is 152 Å². The van der Waals surface area contributed by atoms with Gasteiger partial charge in [-0.1, -0.05) is 23.2 Å². The fourth-order valence-corrected chi connectivity index (χ4v) is 2.37. The monoisotopic (exact) mass is 366 g/mol. The number of nitrogens with one attached hydrogen (secondary N) is 2. The average molecular weight is 367 g/mol. The van der Waals surface area contributed by atoms with Crippen molar-refractivity contribution in [2.24, 2.45) is 0 Å². The van der Waals surface area contributed by atoms with Gasteiger partial charge in [-0.3, -0.25) is 9.78 Å². The van der Waals surface area contributed by atoms with Crippen LogP contribution < -0.4 is 10.6 Å². The Balaban J connectivity index is 1.97. The quantitative estimate of drug-likeness (QED) is 0.731. The minimum Gasteiger partial charge on any atom is -0.354 e. The molecular formula is C17H20Cl2N4O. The van der Waals surface area contributed by atoms with E-state index in [2.05, 4.69) is 20.5 Å². The molecule has 5 nitrogen and oxygen atoms in total. The highest BCUT2D eigenvalue weighted by Gasteiger charge is 2.07. The van der Waals surface area contributed by atoms with Crippen molar-refractivity contribution in [3.05, 3.63) is 52.3 Å². The molecule has 2 rings (SSSR count). The number of benzene rings is 1. The van der Waals surface area contributed by atoms with E-state index in [1.807, 2.05) is 20.2 Å². The molecule has 7 heteroatoms. The lowest BCUT2D eigenvalue weighted by molar-refractivity contribution is 0.0952. The van der Waals surface area contributed by atoms with Crippen molar-refractivity contribution >= 4 is 40.5 Å². The second kappa shape index (κ2) is 8.87. The first-order valence-corrected chi connectivity index (χ1v) is 8.31. The van der Waals surface area contributed by atoms with E-state index in [1.165, 1.54) is 0 Å². The third-order valence-corrected chi connectivity index (χ3v) is 4.02. The fraction of sp³-hybridized carbons (Fsp3) is 0.294. The van der Waals surface area contributed by atoms with Gasteiger partial charge in [0, 0.05) is 18.4 Å². The van der Waals surface area contributed by atoms with Crippen molar-refractivity contribution in [3.8, 4) is 0 Å². The number of carbonyl (C=O) groups is 1. The molecule has 0 unspecified atom stereocenters. The summed E-state index contributed by atoms with van der Waals surface area (Å²) < 4.78 is 0. The summed E-state index contributed by atoms with van der Waals surface area (Å²) in [4.78, 5) is 18.3. The van der Waals surface area contributed by atoms with E-state index in [-0.39, 0.29) is 5.91 Å². The molecule has 1 aromatic heterocycles. The molecule has 0 saturated heterocycles. The highest BCUT2D eigenvalue weighted by atomic mass is 35.5. The molecule has 0 aliphatic heterocycles. The molecule has 0 aliphatic rings. The number of aromatic nitrogens is 1. The predicted molar refractivity (Wildman–Crippen MR) is 99.5 cm³/mol.